The van der Waals surface area contributed by atoms with Gasteiger partial charge >= 0.3 is 0 Å². The van der Waals surface area contributed by atoms with Crippen LogP contribution in [0.2, 0.25) is 0 Å². The van der Waals surface area contributed by atoms with Gasteiger partial charge in [-0.05, 0) is 24.3 Å². The number of nitrogens with one attached hydrogen (secondary N) is 1. The first-order valence-corrected chi connectivity index (χ1v) is 5.81. The highest BCUT2D eigenvalue weighted by molar-refractivity contribution is 5.59. The Balaban J connectivity index is 2.38. The fourth-order valence-electron chi connectivity index (χ4n) is 1.69. The minimum atomic E-state index is 0.353. The maximum Gasteiger partial charge on any atom is 0.158 e. The van der Waals surface area contributed by atoms with Gasteiger partial charge in [-0.15, -0.1) is 0 Å². The smallest absolute Gasteiger partial charge is 0.158 e. The molecule has 2 rings (SSSR count). The minimum absolute atomic E-state index is 0.353. The summed E-state index contributed by atoms with van der Waals surface area (Å²) in [5.41, 5.74) is 2.19. The van der Waals surface area contributed by atoms with E-state index >= 15 is 0 Å². The van der Waals surface area contributed by atoms with Crippen molar-refractivity contribution >= 4 is 5.69 Å². The quantitative estimate of drug-likeness (QED) is 0.881. The minimum Gasteiger partial charge on any atom is -0.388 e. The van der Waals surface area contributed by atoms with Crippen LogP contribution in [0, 0.1) is 0 Å². The van der Waals surface area contributed by atoms with E-state index in [2.05, 4.69) is 41.4 Å². The van der Waals surface area contributed by atoms with Gasteiger partial charge in [0.05, 0.1) is 0 Å². The Kier molecular flexibility index (Phi) is 3.13. The molecule has 0 bridgehead atoms. The second-order valence-corrected chi connectivity index (χ2v) is 4.40. The lowest BCUT2D eigenvalue weighted by atomic mass is 10.2. The highest BCUT2D eigenvalue weighted by Gasteiger charge is 2.11. The van der Waals surface area contributed by atoms with Crippen molar-refractivity contribution in [2.45, 2.75) is 19.8 Å². The van der Waals surface area contributed by atoms with E-state index in [-0.39, 0.29) is 0 Å². The van der Waals surface area contributed by atoms with Gasteiger partial charge in [0.2, 0.25) is 0 Å². The zero-order valence-corrected chi connectivity index (χ0v) is 10.7. The van der Waals surface area contributed by atoms with Gasteiger partial charge in [-0.1, -0.05) is 13.8 Å². The van der Waals surface area contributed by atoms with E-state index in [1.807, 2.05) is 30.9 Å². The molecule has 0 aliphatic rings. The van der Waals surface area contributed by atoms with Gasteiger partial charge < -0.3 is 5.32 Å². The standard InChI is InChI=1S/C13H18N4/c1-9(2)12-15-13(17(4)16-12)10-5-7-11(14-3)8-6-10/h5-9,14H,1-4H3. The lowest BCUT2D eigenvalue weighted by molar-refractivity contribution is 0.712. The maximum absolute atomic E-state index is 4.57. The third kappa shape index (κ3) is 2.30. The van der Waals surface area contributed by atoms with Crippen molar-refractivity contribution < 1.29 is 0 Å². The number of aryl methyl sites for hydroxylation is 1. The highest BCUT2D eigenvalue weighted by atomic mass is 15.3. The van der Waals surface area contributed by atoms with Crippen molar-refractivity contribution in [2.75, 3.05) is 12.4 Å². The number of aromatic nitrogens is 3. The van der Waals surface area contributed by atoms with Crippen LogP contribution in [0.25, 0.3) is 11.4 Å². The van der Waals surface area contributed by atoms with Gasteiger partial charge in [-0.25, -0.2) is 9.67 Å². The summed E-state index contributed by atoms with van der Waals surface area (Å²) in [6.07, 6.45) is 0. The van der Waals surface area contributed by atoms with Crippen LogP contribution < -0.4 is 5.32 Å². The van der Waals surface area contributed by atoms with E-state index in [9.17, 15) is 0 Å². The van der Waals surface area contributed by atoms with Crippen molar-refractivity contribution in [3.63, 3.8) is 0 Å². The Labute approximate surface area is 102 Å². The fraction of sp³-hybridized carbons (Fsp3) is 0.385. The first kappa shape index (κ1) is 11.6. The molecule has 0 saturated heterocycles. The monoisotopic (exact) mass is 230 g/mol. The van der Waals surface area contributed by atoms with Gasteiger partial charge in [0.15, 0.2) is 11.6 Å². The molecular weight excluding hydrogens is 212 g/mol. The normalized spacial score (nSPS) is 10.9. The molecule has 2 aromatic rings. The molecule has 0 atom stereocenters. The van der Waals surface area contributed by atoms with Crippen molar-refractivity contribution in [1.29, 1.82) is 0 Å². The topological polar surface area (TPSA) is 42.7 Å². The van der Waals surface area contributed by atoms with E-state index in [1.165, 1.54) is 0 Å². The number of anilines is 1. The largest absolute Gasteiger partial charge is 0.388 e. The first-order chi connectivity index (χ1) is 8.11. The average Bonchev–Trinajstić information content (AvgIpc) is 2.72. The van der Waals surface area contributed by atoms with Crippen LogP contribution in [0.3, 0.4) is 0 Å². The molecule has 1 aromatic carbocycles. The Morgan fingerprint density at radius 2 is 1.82 bits per heavy atom. The van der Waals surface area contributed by atoms with E-state index in [0.717, 1.165) is 22.9 Å². The van der Waals surface area contributed by atoms with Crippen molar-refractivity contribution in [3.8, 4) is 11.4 Å². The van der Waals surface area contributed by atoms with Crippen LogP contribution in [0.4, 0.5) is 5.69 Å². The van der Waals surface area contributed by atoms with Gasteiger partial charge in [0.25, 0.3) is 0 Å². The number of nitrogens with zero attached hydrogens (tertiary/aromatic N) is 3. The summed E-state index contributed by atoms with van der Waals surface area (Å²) in [6.45, 7) is 4.20. The second-order valence-electron chi connectivity index (χ2n) is 4.40. The van der Waals surface area contributed by atoms with Crippen molar-refractivity contribution in [3.05, 3.63) is 30.1 Å². The Morgan fingerprint density at radius 1 is 1.18 bits per heavy atom. The number of hydrogen-bond donors (Lipinski definition) is 1. The molecule has 4 nitrogen and oxygen atoms in total. The zero-order valence-electron chi connectivity index (χ0n) is 10.7. The Morgan fingerprint density at radius 3 is 2.29 bits per heavy atom. The van der Waals surface area contributed by atoms with Crippen LogP contribution in [-0.4, -0.2) is 21.8 Å². The van der Waals surface area contributed by atoms with Crippen LogP contribution in [-0.2, 0) is 7.05 Å². The number of hydrogen-bond acceptors (Lipinski definition) is 3. The van der Waals surface area contributed by atoms with Gasteiger partial charge in [0, 0.05) is 31.3 Å². The molecule has 4 heteroatoms. The van der Waals surface area contributed by atoms with Crippen molar-refractivity contribution in [2.24, 2.45) is 7.05 Å². The summed E-state index contributed by atoms with van der Waals surface area (Å²) in [6, 6.07) is 8.19. The highest BCUT2D eigenvalue weighted by Crippen LogP contribution is 2.21. The third-order valence-electron chi connectivity index (χ3n) is 2.73. The first-order valence-electron chi connectivity index (χ1n) is 5.81. The summed E-state index contributed by atoms with van der Waals surface area (Å²) < 4.78 is 1.84. The molecule has 0 unspecified atom stereocenters. The van der Waals surface area contributed by atoms with Gasteiger partial charge in [-0.2, -0.15) is 5.10 Å². The molecule has 17 heavy (non-hydrogen) atoms. The van der Waals surface area contributed by atoms with Crippen LogP contribution in [0.15, 0.2) is 24.3 Å². The number of benzene rings is 1. The summed E-state index contributed by atoms with van der Waals surface area (Å²) in [7, 11) is 3.84. The molecule has 1 aromatic heterocycles. The lowest BCUT2D eigenvalue weighted by Gasteiger charge is -2.02. The summed E-state index contributed by atoms with van der Waals surface area (Å²) in [4.78, 5) is 4.57. The van der Waals surface area contributed by atoms with Crippen LogP contribution in [0.1, 0.15) is 25.6 Å². The second kappa shape index (κ2) is 4.57. The summed E-state index contributed by atoms with van der Waals surface area (Å²) >= 11 is 0. The molecular formula is C13H18N4. The third-order valence-corrected chi connectivity index (χ3v) is 2.73. The van der Waals surface area contributed by atoms with Crippen LogP contribution in [0.5, 0.6) is 0 Å². The lowest BCUT2D eigenvalue weighted by Crippen LogP contribution is -1.95. The fourth-order valence-corrected chi connectivity index (χ4v) is 1.69. The molecule has 0 spiro atoms. The van der Waals surface area contributed by atoms with E-state index in [1.54, 1.807) is 0 Å². The Hall–Kier alpha value is -1.84. The van der Waals surface area contributed by atoms with E-state index in [0.29, 0.717) is 5.92 Å². The molecule has 1 heterocycles. The molecule has 0 aliphatic heterocycles. The summed E-state index contributed by atoms with van der Waals surface area (Å²) in [5.74, 6) is 2.16. The predicted molar refractivity (Wildman–Crippen MR) is 70.1 cm³/mol. The molecule has 1 N–H and O–H groups in total. The molecule has 90 valence electrons. The number of rotatable bonds is 3. The molecule has 0 amide bonds. The van der Waals surface area contributed by atoms with E-state index in [4.69, 9.17) is 0 Å². The molecule has 0 fully saturated rings. The van der Waals surface area contributed by atoms with E-state index < -0.39 is 0 Å². The predicted octanol–water partition coefficient (Wildman–Crippen LogP) is 2.65. The Bertz CT molecular complexity index is 497. The maximum atomic E-state index is 4.57. The molecule has 0 saturated carbocycles. The molecule has 0 radical (unpaired) electrons. The van der Waals surface area contributed by atoms with Crippen LogP contribution >= 0.6 is 0 Å². The SMILES string of the molecule is CNc1ccc(-c2nc(C(C)C)nn2C)cc1. The van der Waals surface area contributed by atoms with Crippen molar-refractivity contribution in [1.82, 2.24) is 14.8 Å². The zero-order chi connectivity index (χ0) is 12.4. The summed E-state index contributed by atoms with van der Waals surface area (Å²) in [5, 5.41) is 7.52. The average molecular weight is 230 g/mol. The van der Waals surface area contributed by atoms with Gasteiger partial charge in [0.1, 0.15) is 0 Å². The molecule has 0 aliphatic carbocycles. The van der Waals surface area contributed by atoms with Gasteiger partial charge in [-0.3, -0.25) is 0 Å².